The Balaban J connectivity index is 1.51. The van der Waals surface area contributed by atoms with E-state index in [9.17, 15) is 14.4 Å². The van der Waals surface area contributed by atoms with Gasteiger partial charge in [-0.15, -0.1) is 11.8 Å². The third-order valence-corrected chi connectivity index (χ3v) is 7.20. The number of hydrogen-bond acceptors (Lipinski definition) is 6. The Morgan fingerprint density at radius 2 is 1.60 bits per heavy atom. The second kappa shape index (κ2) is 14.8. The summed E-state index contributed by atoms with van der Waals surface area (Å²) < 4.78 is 10.7. The fourth-order valence-corrected chi connectivity index (χ4v) is 4.73. The number of nitrogens with one attached hydrogen (secondary N) is 3. The van der Waals surface area contributed by atoms with Gasteiger partial charge in [0.25, 0.3) is 11.8 Å². The van der Waals surface area contributed by atoms with Gasteiger partial charge in [-0.2, -0.15) is 0 Å². The average Bonchev–Trinajstić information content (AvgIpc) is 3.01. The Morgan fingerprint density at radius 1 is 0.833 bits per heavy atom. The lowest BCUT2D eigenvalue weighted by Crippen LogP contribution is -2.30. The molecule has 0 bridgehead atoms. The first-order chi connectivity index (χ1) is 20.4. The van der Waals surface area contributed by atoms with Gasteiger partial charge in [0, 0.05) is 27.8 Å². The number of carbonyl (C=O) groups is 3. The van der Waals surface area contributed by atoms with Crippen molar-refractivity contribution in [3.8, 4) is 11.5 Å². The zero-order chi connectivity index (χ0) is 29.9. The van der Waals surface area contributed by atoms with Crippen LogP contribution in [-0.4, -0.2) is 37.7 Å². The molecule has 0 aliphatic carbocycles. The molecule has 3 amide bonds. The highest BCUT2D eigenvalue weighted by molar-refractivity contribution is 8.00. The van der Waals surface area contributed by atoms with Gasteiger partial charge in [-0.1, -0.05) is 48.0 Å². The molecular weight excluding hydrogens is 574 g/mol. The Morgan fingerprint density at radius 3 is 2.33 bits per heavy atom. The molecule has 0 atom stereocenters. The van der Waals surface area contributed by atoms with Crippen LogP contribution in [0.2, 0.25) is 5.02 Å². The van der Waals surface area contributed by atoms with Crippen molar-refractivity contribution in [1.82, 2.24) is 5.32 Å². The van der Waals surface area contributed by atoms with Crippen molar-refractivity contribution in [2.45, 2.75) is 4.90 Å². The maximum Gasteiger partial charge on any atom is 0.272 e. The van der Waals surface area contributed by atoms with Crippen molar-refractivity contribution < 1.29 is 23.9 Å². The summed E-state index contributed by atoms with van der Waals surface area (Å²) in [4.78, 5) is 39.7. The molecular formula is C32H28ClN3O5S. The number of halogens is 1. The molecule has 4 aromatic carbocycles. The van der Waals surface area contributed by atoms with E-state index in [1.54, 1.807) is 98.1 Å². The Labute approximate surface area is 253 Å². The van der Waals surface area contributed by atoms with Crippen LogP contribution in [0.15, 0.2) is 108 Å². The second-order valence-corrected chi connectivity index (χ2v) is 10.2. The zero-order valence-corrected chi connectivity index (χ0v) is 24.4. The Bertz CT molecular complexity index is 1610. The van der Waals surface area contributed by atoms with Crippen LogP contribution in [0, 0.1) is 0 Å². The molecule has 214 valence electrons. The number of anilines is 2. The van der Waals surface area contributed by atoms with Crippen molar-refractivity contribution in [3.63, 3.8) is 0 Å². The number of amides is 3. The number of thioether (sulfide) groups is 1. The molecule has 42 heavy (non-hydrogen) atoms. The predicted octanol–water partition coefficient (Wildman–Crippen LogP) is 6.50. The second-order valence-electron chi connectivity index (χ2n) is 8.78. The molecule has 0 saturated carbocycles. The summed E-state index contributed by atoms with van der Waals surface area (Å²) >= 11 is 7.43. The van der Waals surface area contributed by atoms with Gasteiger partial charge in [-0.3, -0.25) is 14.4 Å². The number of ether oxygens (including phenoxy) is 2. The van der Waals surface area contributed by atoms with E-state index in [1.807, 2.05) is 6.07 Å². The fraction of sp³-hybridized carbons (Fsp3) is 0.0938. The van der Waals surface area contributed by atoms with Crippen LogP contribution in [0.5, 0.6) is 11.5 Å². The number of methoxy groups -OCH3 is 2. The van der Waals surface area contributed by atoms with Crippen LogP contribution >= 0.6 is 23.4 Å². The van der Waals surface area contributed by atoms with Crippen molar-refractivity contribution >= 4 is 58.5 Å². The van der Waals surface area contributed by atoms with Gasteiger partial charge in [-0.25, -0.2) is 0 Å². The third kappa shape index (κ3) is 8.39. The molecule has 0 unspecified atom stereocenters. The summed E-state index contributed by atoms with van der Waals surface area (Å²) in [6.07, 6.45) is 1.53. The molecule has 0 aromatic heterocycles. The minimum absolute atomic E-state index is 0.00416. The SMILES string of the molecule is COc1ccc(/C=C(/NC(=O)c2ccccc2)C(=O)Nc2cccc(SCC(=O)Nc3ccccc3Cl)c2)c(OC)c1. The summed E-state index contributed by atoms with van der Waals surface area (Å²) in [5.74, 6) is -0.0304. The van der Waals surface area contributed by atoms with E-state index in [-0.39, 0.29) is 17.4 Å². The van der Waals surface area contributed by atoms with Crippen LogP contribution in [0.1, 0.15) is 15.9 Å². The van der Waals surface area contributed by atoms with E-state index in [2.05, 4.69) is 16.0 Å². The summed E-state index contributed by atoms with van der Waals surface area (Å²) in [5.41, 5.74) is 1.98. The van der Waals surface area contributed by atoms with E-state index < -0.39 is 11.8 Å². The molecule has 0 saturated heterocycles. The van der Waals surface area contributed by atoms with Crippen LogP contribution in [-0.2, 0) is 9.59 Å². The topological polar surface area (TPSA) is 106 Å². The standard InChI is InChI=1S/C32H28ClN3O5S/c1-40-24-16-15-22(29(19-24)41-2)17-28(36-31(38)21-9-4-3-5-10-21)32(39)34-23-11-8-12-25(18-23)42-20-30(37)35-27-14-7-6-13-26(27)33/h3-19H,20H2,1-2H3,(H,34,39)(H,35,37)(H,36,38)/b28-17+. The van der Waals surface area contributed by atoms with Gasteiger partial charge in [-0.05, 0) is 60.7 Å². The molecule has 8 nitrogen and oxygen atoms in total. The van der Waals surface area contributed by atoms with Crippen molar-refractivity contribution in [2.75, 3.05) is 30.6 Å². The molecule has 4 aromatic rings. The van der Waals surface area contributed by atoms with Gasteiger partial charge in [0.2, 0.25) is 5.91 Å². The van der Waals surface area contributed by atoms with Crippen molar-refractivity contribution in [1.29, 1.82) is 0 Å². The van der Waals surface area contributed by atoms with Gasteiger partial charge in [0.15, 0.2) is 0 Å². The minimum atomic E-state index is -0.546. The molecule has 10 heteroatoms. The average molecular weight is 602 g/mol. The normalized spacial score (nSPS) is 10.9. The molecule has 0 fully saturated rings. The number of carbonyl (C=O) groups excluding carboxylic acids is 3. The highest BCUT2D eigenvalue weighted by Crippen LogP contribution is 2.27. The minimum Gasteiger partial charge on any atom is -0.497 e. The third-order valence-electron chi connectivity index (χ3n) is 5.88. The number of hydrogen-bond donors (Lipinski definition) is 3. The maximum atomic E-state index is 13.5. The van der Waals surface area contributed by atoms with E-state index in [4.69, 9.17) is 21.1 Å². The van der Waals surface area contributed by atoms with E-state index in [1.165, 1.54) is 24.9 Å². The first-order valence-electron chi connectivity index (χ1n) is 12.7. The van der Waals surface area contributed by atoms with Crippen LogP contribution < -0.4 is 25.4 Å². The number of para-hydroxylation sites is 1. The molecule has 0 radical (unpaired) electrons. The predicted molar refractivity (Wildman–Crippen MR) is 167 cm³/mol. The molecule has 3 N–H and O–H groups in total. The van der Waals surface area contributed by atoms with E-state index >= 15 is 0 Å². The van der Waals surface area contributed by atoms with Gasteiger partial charge >= 0.3 is 0 Å². The monoisotopic (exact) mass is 601 g/mol. The zero-order valence-electron chi connectivity index (χ0n) is 22.8. The number of rotatable bonds is 11. The summed E-state index contributed by atoms with van der Waals surface area (Å²) in [6.45, 7) is 0. The number of benzene rings is 4. The first kappa shape index (κ1) is 30.2. The summed E-state index contributed by atoms with van der Waals surface area (Å²) in [5, 5.41) is 8.80. The van der Waals surface area contributed by atoms with Gasteiger partial charge < -0.3 is 25.4 Å². The van der Waals surface area contributed by atoms with Crippen molar-refractivity contribution in [2.24, 2.45) is 0 Å². The first-order valence-corrected chi connectivity index (χ1v) is 14.1. The van der Waals surface area contributed by atoms with Crippen LogP contribution in [0.4, 0.5) is 11.4 Å². The van der Waals surface area contributed by atoms with E-state index in [0.29, 0.717) is 39.0 Å². The Hall–Kier alpha value is -4.73. The van der Waals surface area contributed by atoms with Gasteiger partial charge in [0.05, 0.1) is 30.7 Å². The van der Waals surface area contributed by atoms with Crippen LogP contribution in [0.3, 0.4) is 0 Å². The highest BCUT2D eigenvalue weighted by atomic mass is 35.5. The summed E-state index contributed by atoms with van der Waals surface area (Å²) in [7, 11) is 3.05. The summed E-state index contributed by atoms with van der Waals surface area (Å²) in [6, 6.07) is 27.8. The van der Waals surface area contributed by atoms with E-state index in [0.717, 1.165) is 4.90 Å². The molecule has 0 spiro atoms. The van der Waals surface area contributed by atoms with Crippen LogP contribution in [0.25, 0.3) is 6.08 Å². The van der Waals surface area contributed by atoms with Crippen molar-refractivity contribution in [3.05, 3.63) is 119 Å². The van der Waals surface area contributed by atoms with Gasteiger partial charge in [0.1, 0.15) is 17.2 Å². The largest absolute Gasteiger partial charge is 0.497 e. The molecule has 0 heterocycles. The lowest BCUT2D eigenvalue weighted by molar-refractivity contribution is -0.114. The maximum absolute atomic E-state index is 13.5. The Kier molecular flexibility index (Phi) is 10.6. The smallest absolute Gasteiger partial charge is 0.272 e. The fourth-order valence-electron chi connectivity index (χ4n) is 3.80. The highest BCUT2D eigenvalue weighted by Gasteiger charge is 2.17. The molecule has 4 rings (SSSR count). The molecule has 0 aliphatic heterocycles. The quantitative estimate of drug-likeness (QED) is 0.134. The molecule has 0 aliphatic rings. The lowest BCUT2D eigenvalue weighted by atomic mass is 10.1. The lowest BCUT2D eigenvalue weighted by Gasteiger charge is -2.13.